The zero-order valence-electron chi connectivity index (χ0n) is 8.25. The molecule has 1 atom stereocenters. The monoisotopic (exact) mass is 272 g/mol. The second-order valence-corrected chi connectivity index (χ2v) is 5.07. The first kappa shape index (κ1) is 11.8. The summed E-state index contributed by atoms with van der Waals surface area (Å²) in [6.45, 7) is 3.88. The van der Waals surface area contributed by atoms with Gasteiger partial charge in [0.05, 0.1) is 4.83 Å². The van der Waals surface area contributed by atoms with Crippen molar-refractivity contribution in [3.63, 3.8) is 0 Å². The van der Waals surface area contributed by atoms with Crippen LogP contribution in [0, 0.1) is 0 Å². The van der Waals surface area contributed by atoms with E-state index in [-0.39, 0.29) is 10.6 Å². The molecule has 0 radical (unpaired) electrons. The van der Waals surface area contributed by atoms with E-state index in [4.69, 9.17) is 0 Å². The van der Waals surface area contributed by atoms with Crippen LogP contribution < -0.4 is 0 Å². The maximum absolute atomic E-state index is 11.8. The van der Waals surface area contributed by atoms with Crippen molar-refractivity contribution >= 4 is 34.3 Å². The Balaban J connectivity index is 3.14. The van der Waals surface area contributed by atoms with E-state index >= 15 is 0 Å². The smallest absolute Gasteiger partial charge is 0.176 e. The first-order valence-corrected chi connectivity index (χ1v) is 5.92. The molecule has 0 aromatic heterocycles. The van der Waals surface area contributed by atoms with Gasteiger partial charge in [-0.05, 0) is 37.1 Å². The minimum atomic E-state index is -0.126. The second kappa shape index (κ2) is 4.99. The summed E-state index contributed by atoms with van der Waals surface area (Å²) < 4.78 is 0. The minimum Gasteiger partial charge on any atom is -0.293 e. The summed E-state index contributed by atoms with van der Waals surface area (Å²) >= 11 is 7.54. The van der Waals surface area contributed by atoms with Crippen LogP contribution in [0.4, 0.5) is 0 Å². The maximum atomic E-state index is 11.8. The lowest BCUT2D eigenvalue weighted by Crippen LogP contribution is -2.12. The molecule has 76 valence electrons. The summed E-state index contributed by atoms with van der Waals surface area (Å²) in [6.07, 6.45) is 0.856. The third kappa shape index (κ3) is 2.61. The Morgan fingerprint density at radius 2 is 2.21 bits per heavy atom. The maximum Gasteiger partial charge on any atom is 0.176 e. The highest BCUT2D eigenvalue weighted by Crippen LogP contribution is 2.19. The third-order valence-electron chi connectivity index (χ3n) is 2.10. The van der Waals surface area contributed by atoms with Crippen LogP contribution in [0.1, 0.15) is 29.8 Å². The highest BCUT2D eigenvalue weighted by atomic mass is 79.9. The number of aryl methyl sites for hydroxylation is 1. The van der Waals surface area contributed by atoms with Crippen LogP contribution in [0.15, 0.2) is 23.1 Å². The number of Topliss-reactive ketones (excluding diaryl/α,β-unsaturated/α-hetero) is 1. The lowest BCUT2D eigenvalue weighted by Gasteiger charge is -2.08. The van der Waals surface area contributed by atoms with Gasteiger partial charge in [-0.3, -0.25) is 4.79 Å². The summed E-state index contributed by atoms with van der Waals surface area (Å²) in [5, 5.41) is 0. The van der Waals surface area contributed by atoms with Gasteiger partial charge in [-0.1, -0.05) is 22.9 Å². The zero-order valence-corrected chi connectivity index (χ0v) is 10.7. The van der Waals surface area contributed by atoms with Gasteiger partial charge in [0.25, 0.3) is 0 Å². The van der Waals surface area contributed by atoms with E-state index in [1.165, 1.54) is 0 Å². The van der Waals surface area contributed by atoms with Gasteiger partial charge in [-0.15, -0.1) is 12.6 Å². The number of carbonyl (C=O) groups excluding carboxylic acids is 1. The van der Waals surface area contributed by atoms with Gasteiger partial charge in [-0.2, -0.15) is 0 Å². The van der Waals surface area contributed by atoms with Crippen LogP contribution in [-0.2, 0) is 6.42 Å². The summed E-state index contributed by atoms with van der Waals surface area (Å²) in [5.74, 6) is 0.134. The van der Waals surface area contributed by atoms with Crippen molar-refractivity contribution in [3.05, 3.63) is 29.3 Å². The molecule has 0 heterocycles. The van der Waals surface area contributed by atoms with Crippen molar-refractivity contribution in [2.45, 2.75) is 30.0 Å². The lowest BCUT2D eigenvalue weighted by molar-refractivity contribution is 0.0995. The van der Waals surface area contributed by atoms with Crippen LogP contribution in [-0.4, -0.2) is 10.6 Å². The van der Waals surface area contributed by atoms with Crippen LogP contribution in [0.2, 0.25) is 0 Å². The highest BCUT2D eigenvalue weighted by Gasteiger charge is 2.14. The molecule has 0 N–H and O–H groups in total. The average Bonchev–Trinajstić information content (AvgIpc) is 2.16. The average molecular weight is 273 g/mol. The van der Waals surface area contributed by atoms with E-state index < -0.39 is 0 Å². The molecule has 0 bridgehead atoms. The van der Waals surface area contributed by atoms with Crippen LogP contribution >= 0.6 is 28.6 Å². The standard InChI is InChI=1S/C11H13BrOS/c1-3-8-6-9(14)4-5-10(8)11(13)7(2)12/h4-7,14H,3H2,1-2H3. The number of thiol groups is 1. The number of carbonyl (C=O) groups is 1. The van der Waals surface area contributed by atoms with E-state index in [1.54, 1.807) is 0 Å². The molecule has 0 saturated carbocycles. The highest BCUT2D eigenvalue weighted by molar-refractivity contribution is 9.10. The van der Waals surface area contributed by atoms with Crippen molar-refractivity contribution in [2.24, 2.45) is 0 Å². The van der Waals surface area contributed by atoms with E-state index in [0.717, 1.165) is 22.4 Å². The number of alkyl halides is 1. The molecule has 1 aromatic rings. The van der Waals surface area contributed by atoms with Crippen LogP contribution in [0.3, 0.4) is 0 Å². The lowest BCUT2D eigenvalue weighted by atomic mass is 10.0. The molecule has 0 spiro atoms. The van der Waals surface area contributed by atoms with Gasteiger partial charge < -0.3 is 0 Å². The predicted molar refractivity (Wildman–Crippen MR) is 65.8 cm³/mol. The molecule has 0 aliphatic carbocycles. The summed E-state index contributed by atoms with van der Waals surface area (Å²) in [4.78, 5) is 12.5. The molecule has 0 amide bonds. The minimum absolute atomic E-state index is 0.126. The fraction of sp³-hybridized carbons (Fsp3) is 0.364. The Labute approximate surface area is 98.4 Å². The number of hydrogen-bond donors (Lipinski definition) is 1. The first-order chi connectivity index (χ1) is 6.56. The van der Waals surface area contributed by atoms with Crippen molar-refractivity contribution in [3.8, 4) is 0 Å². The number of halogens is 1. The largest absolute Gasteiger partial charge is 0.293 e. The molecule has 1 nitrogen and oxygen atoms in total. The van der Waals surface area contributed by atoms with Gasteiger partial charge in [0, 0.05) is 10.5 Å². The van der Waals surface area contributed by atoms with E-state index in [1.807, 2.05) is 32.0 Å². The van der Waals surface area contributed by atoms with Crippen LogP contribution in [0.5, 0.6) is 0 Å². The van der Waals surface area contributed by atoms with Crippen molar-refractivity contribution < 1.29 is 4.79 Å². The zero-order chi connectivity index (χ0) is 10.7. The molecule has 1 rings (SSSR count). The molecular weight excluding hydrogens is 260 g/mol. The molecule has 0 aliphatic heterocycles. The molecule has 1 aromatic carbocycles. The number of ketones is 1. The second-order valence-electron chi connectivity index (χ2n) is 3.18. The Bertz CT molecular complexity index is 347. The van der Waals surface area contributed by atoms with Gasteiger partial charge >= 0.3 is 0 Å². The summed E-state index contributed by atoms with van der Waals surface area (Å²) in [7, 11) is 0. The molecular formula is C11H13BrOS. The summed E-state index contributed by atoms with van der Waals surface area (Å²) in [6, 6.07) is 5.65. The SMILES string of the molecule is CCc1cc(S)ccc1C(=O)C(C)Br. The topological polar surface area (TPSA) is 17.1 Å². The molecule has 14 heavy (non-hydrogen) atoms. The Morgan fingerprint density at radius 1 is 1.57 bits per heavy atom. The van der Waals surface area contributed by atoms with E-state index in [2.05, 4.69) is 28.6 Å². The van der Waals surface area contributed by atoms with Gasteiger partial charge in [0.1, 0.15) is 0 Å². The normalized spacial score (nSPS) is 12.6. The molecule has 0 saturated heterocycles. The molecule has 1 unspecified atom stereocenters. The van der Waals surface area contributed by atoms with Gasteiger partial charge in [0.2, 0.25) is 0 Å². The molecule has 3 heteroatoms. The number of benzene rings is 1. The number of rotatable bonds is 3. The third-order valence-corrected chi connectivity index (χ3v) is 2.79. The fourth-order valence-corrected chi connectivity index (χ4v) is 1.80. The molecule has 0 aliphatic rings. The Kier molecular flexibility index (Phi) is 4.20. The van der Waals surface area contributed by atoms with Gasteiger partial charge in [-0.25, -0.2) is 0 Å². The van der Waals surface area contributed by atoms with E-state index in [0.29, 0.717) is 0 Å². The Hall–Kier alpha value is -0.280. The number of hydrogen-bond acceptors (Lipinski definition) is 2. The van der Waals surface area contributed by atoms with Crippen LogP contribution in [0.25, 0.3) is 0 Å². The fourth-order valence-electron chi connectivity index (χ4n) is 1.33. The van der Waals surface area contributed by atoms with Crippen molar-refractivity contribution in [1.29, 1.82) is 0 Å². The predicted octanol–water partition coefficient (Wildman–Crippen LogP) is 3.50. The Morgan fingerprint density at radius 3 is 2.71 bits per heavy atom. The van der Waals surface area contributed by atoms with E-state index in [9.17, 15) is 4.79 Å². The van der Waals surface area contributed by atoms with Gasteiger partial charge in [0.15, 0.2) is 5.78 Å². The summed E-state index contributed by atoms with van der Waals surface area (Å²) in [5.41, 5.74) is 1.86. The quantitative estimate of drug-likeness (QED) is 0.506. The molecule has 0 fully saturated rings. The first-order valence-electron chi connectivity index (χ1n) is 4.56. The van der Waals surface area contributed by atoms with Crippen molar-refractivity contribution in [2.75, 3.05) is 0 Å². The van der Waals surface area contributed by atoms with Crippen molar-refractivity contribution in [1.82, 2.24) is 0 Å².